The second kappa shape index (κ2) is 4.09. The quantitative estimate of drug-likeness (QED) is 0.528. The molecular formula is C9H14N2O. The lowest BCUT2D eigenvalue weighted by Gasteiger charge is -2.11. The van der Waals surface area contributed by atoms with Crippen LogP contribution >= 0.6 is 0 Å². The molecule has 3 nitrogen and oxygen atoms in total. The average molecular weight is 166 g/mol. The first-order chi connectivity index (χ1) is 5.74. The summed E-state index contributed by atoms with van der Waals surface area (Å²) >= 11 is 0. The van der Waals surface area contributed by atoms with Crippen LogP contribution in [0.1, 0.15) is 18.5 Å². The third-order valence-electron chi connectivity index (χ3n) is 1.73. The number of anilines is 1. The molecule has 1 aromatic carbocycles. The monoisotopic (exact) mass is 166 g/mol. The van der Waals surface area contributed by atoms with Crippen molar-refractivity contribution < 1.29 is 4.84 Å². The molecule has 1 unspecified atom stereocenters. The van der Waals surface area contributed by atoms with E-state index in [1.54, 1.807) is 7.11 Å². The Morgan fingerprint density at radius 2 is 1.92 bits per heavy atom. The van der Waals surface area contributed by atoms with Crippen molar-refractivity contribution in [1.82, 2.24) is 5.48 Å². The predicted molar refractivity (Wildman–Crippen MR) is 49.4 cm³/mol. The van der Waals surface area contributed by atoms with Gasteiger partial charge in [0.05, 0.1) is 13.2 Å². The van der Waals surface area contributed by atoms with Gasteiger partial charge in [0, 0.05) is 5.69 Å². The van der Waals surface area contributed by atoms with Crippen molar-refractivity contribution in [1.29, 1.82) is 0 Å². The second-order valence-corrected chi connectivity index (χ2v) is 2.71. The zero-order valence-corrected chi connectivity index (χ0v) is 7.37. The second-order valence-electron chi connectivity index (χ2n) is 2.71. The molecular weight excluding hydrogens is 152 g/mol. The molecule has 0 aliphatic heterocycles. The molecule has 66 valence electrons. The van der Waals surface area contributed by atoms with Gasteiger partial charge in [0.2, 0.25) is 0 Å². The van der Waals surface area contributed by atoms with E-state index in [2.05, 4.69) is 5.48 Å². The molecule has 0 fully saturated rings. The van der Waals surface area contributed by atoms with Crippen LogP contribution in [-0.4, -0.2) is 7.11 Å². The van der Waals surface area contributed by atoms with Crippen molar-refractivity contribution in [3.63, 3.8) is 0 Å². The molecule has 0 aliphatic carbocycles. The van der Waals surface area contributed by atoms with Crippen LogP contribution in [0.4, 0.5) is 5.69 Å². The van der Waals surface area contributed by atoms with Crippen LogP contribution in [0, 0.1) is 0 Å². The number of nitrogen functional groups attached to an aromatic ring is 1. The Morgan fingerprint density at radius 3 is 2.42 bits per heavy atom. The molecule has 3 heteroatoms. The van der Waals surface area contributed by atoms with E-state index in [9.17, 15) is 0 Å². The minimum absolute atomic E-state index is 0.190. The van der Waals surface area contributed by atoms with Crippen LogP contribution in [0.25, 0.3) is 0 Å². The number of hydrogen-bond acceptors (Lipinski definition) is 3. The van der Waals surface area contributed by atoms with Crippen molar-refractivity contribution in [2.75, 3.05) is 12.8 Å². The molecule has 0 bridgehead atoms. The van der Waals surface area contributed by atoms with E-state index < -0.39 is 0 Å². The molecule has 0 spiro atoms. The summed E-state index contributed by atoms with van der Waals surface area (Å²) in [6, 6.07) is 7.90. The van der Waals surface area contributed by atoms with E-state index >= 15 is 0 Å². The maximum Gasteiger partial charge on any atom is 0.0572 e. The summed E-state index contributed by atoms with van der Waals surface area (Å²) < 4.78 is 0. The fourth-order valence-electron chi connectivity index (χ4n) is 1.03. The standard InChI is InChI=1S/C9H14N2O/c1-7(11-12-2)8-3-5-9(10)6-4-8/h3-7,11H,10H2,1-2H3. The Bertz CT molecular complexity index is 233. The summed E-state index contributed by atoms with van der Waals surface area (Å²) in [5.74, 6) is 0. The van der Waals surface area contributed by atoms with Gasteiger partial charge in [-0.3, -0.25) is 0 Å². The minimum atomic E-state index is 0.190. The SMILES string of the molecule is CONC(C)c1ccc(N)cc1. The summed E-state index contributed by atoms with van der Waals surface area (Å²) in [5.41, 5.74) is 10.3. The van der Waals surface area contributed by atoms with E-state index in [-0.39, 0.29) is 6.04 Å². The van der Waals surface area contributed by atoms with Gasteiger partial charge in [-0.15, -0.1) is 0 Å². The molecule has 1 rings (SSSR count). The van der Waals surface area contributed by atoms with Gasteiger partial charge in [-0.1, -0.05) is 12.1 Å². The largest absolute Gasteiger partial charge is 0.399 e. The molecule has 0 amide bonds. The van der Waals surface area contributed by atoms with Crippen LogP contribution < -0.4 is 11.2 Å². The molecule has 0 heterocycles. The molecule has 0 aliphatic rings. The topological polar surface area (TPSA) is 47.3 Å². The molecule has 3 N–H and O–H groups in total. The van der Waals surface area contributed by atoms with Gasteiger partial charge in [0.25, 0.3) is 0 Å². The average Bonchev–Trinajstić information content (AvgIpc) is 2.06. The zero-order valence-electron chi connectivity index (χ0n) is 7.37. The van der Waals surface area contributed by atoms with Gasteiger partial charge in [-0.2, -0.15) is 5.48 Å². The Morgan fingerprint density at radius 1 is 1.33 bits per heavy atom. The van der Waals surface area contributed by atoms with Gasteiger partial charge in [-0.05, 0) is 24.6 Å². The minimum Gasteiger partial charge on any atom is -0.399 e. The van der Waals surface area contributed by atoms with Crippen LogP contribution in [0.2, 0.25) is 0 Å². The first-order valence-corrected chi connectivity index (χ1v) is 3.88. The van der Waals surface area contributed by atoms with E-state index in [4.69, 9.17) is 10.6 Å². The molecule has 0 radical (unpaired) electrons. The van der Waals surface area contributed by atoms with Gasteiger partial charge in [0.15, 0.2) is 0 Å². The lowest BCUT2D eigenvalue weighted by molar-refractivity contribution is 0.0659. The number of nitrogens with two attached hydrogens (primary N) is 1. The Labute approximate surface area is 72.5 Å². The van der Waals surface area contributed by atoms with Gasteiger partial charge in [0.1, 0.15) is 0 Å². The lowest BCUT2D eigenvalue weighted by atomic mass is 10.1. The van der Waals surface area contributed by atoms with Crippen molar-refractivity contribution >= 4 is 5.69 Å². The smallest absolute Gasteiger partial charge is 0.0572 e. The highest BCUT2D eigenvalue weighted by Crippen LogP contribution is 2.13. The summed E-state index contributed by atoms with van der Waals surface area (Å²) in [6.45, 7) is 2.02. The first-order valence-electron chi connectivity index (χ1n) is 3.88. The number of benzene rings is 1. The Hall–Kier alpha value is -1.06. The summed E-state index contributed by atoms with van der Waals surface area (Å²) in [7, 11) is 1.60. The van der Waals surface area contributed by atoms with Gasteiger partial charge in [-0.25, -0.2) is 0 Å². The van der Waals surface area contributed by atoms with Crippen LogP contribution in [0.5, 0.6) is 0 Å². The molecule has 0 saturated carbocycles. The number of hydroxylamine groups is 1. The van der Waals surface area contributed by atoms with Crippen molar-refractivity contribution in [2.45, 2.75) is 13.0 Å². The van der Waals surface area contributed by atoms with Crippen LogP contribution in [0.3, 0.4) is 0 Å². The fraction of sp³-hybridized carbons (Fsp3) is 0.333. The van der Waals surface area contributed by atoms with Crippen molar-refractivity contribution in [3.8, 4) is 0 Å². The summed E-state index contributed by atoms with van der Waals surface area (Å²) in [5, 5.41) is 0. The lowest BCUT2D eigenvalue weighted by Crippen LogP contribution is -2.16. The third-order valence-corrected chi connectivity index (χ3v) is 1.73. The first kappa shape index (κ1) is 9.03. The van der Waals surface area contributed by atoms with Gasteiger partial charge < -0.3 is 10.6 Å². The van der Waals surface area contributed by atoms with Crippen LogP contribution in [0.15, 0.2) is 24.3 Å². The summed E-state index contributed by atoms with van der Waals surface area (Å²) in [6.07, 6.45) is 0. The Balaban J connectivity index is 2.68. The highest BCUT2D eigenvalue weighted by molar-refractivity contribution is 5.39. The molecule has 1 aromatic rings. The number of rotatable bonds is 3. The summed E-state index contributed by atoms with van der Waals surface area (Å²) in [4.78, 5) is 4.81. The number of nitrogens with one attached hydrogen (secondary N) is 1. The molecule has 12 heavy (non-hydrogen) atoms. The van der Waals surface area contributed by atoms with Gasteiger partial charge >= 0.3 is 0 Å². The fourth-order valence-corrected chi connectivity index (χ4v) is 1.03. The maximum atomic E-state index is 5.55. The van der Waals surface area contributed by atoms with Crippen LogP contribution in [-0.2, 0) is 4.84 Å². The highest BCUT2D eigenvalue weighted by Gasteiger charge is 2.02. The Kier molecular flexibility index (Phi) is 3.08. The van der Waals surface area contributed by atoms with Crippen molar-refractivity contribution in [3.05, 3.63) is 29.8 Å². The highest BCUT2D eigenvalue weighted by atomic mass is 16.6. The van der Waals surface area contributed by atoms with Crippen molar-refractivity contribution in [2.24, 2.45) is 0 Å². The van der Waals surface area contributed by atoms with E-state index in [1.165, 1.54) is 0 Å². The molecule has 1 atom stereocenters. The molecule has 0 saturated heterocycles. The predicted octanol–water partition coefficient (Wildman–Crippen LogP) is 1.48. The van der Waals surface area contributed by atoms with E-state index in [0.29, 0.717) is 0 Å². The number of hydrogen-bond donors (Lipinski definition) is 2. The normalized spacial score (nSPS) is 12.8. The zero-order chi connectivity index (χ0) is 8.97. The molecule has 0 aromatic heterocycles. The van der Waals surface area contributed by atoms with E-state index in [1.807, 2.05) is 31.2 Å². The van der Waals surface area contributed by atoms with E-state index in [0.717, 1.165) is 11.3 Å². The maximum absolute atomic E-state index is 5.55. The third kappa shape index (κ3) is 2.22.